The lowest BCUT2D eigenvalue weighted by atomic mass is 9.92. The van der Waals surface area contributed by atoms with Gasteiger partial charge in [-0.2, -0.15) is 0 Å². The van der Waals surface area contributed by atoms with Gasteiger partial charge in [-0.1, -0.05) is 0 Å². The van der Waals surface area contributed by atoms with Crippen molar-refractivity contribution in [2.45, 2.75) is 25.0 Å². The van der Waals surface area contributed by atoms with E-state index >= 15 is 0 Å². The van der Waals surface area contributed by atoms with Crippen molar-refractivity contribution in [1.29, 1.82) is 0 Å². The third-order valence-corrected chi connectivity index (χ3v) is 2.39. The Labute approximate surface area is 82.3 Å². The summed E-state index contributed by atoms with van der Waals surface area (Å²) in [7, 11) is 0. The van der Waals surface area contributed by atoms with E-state index in [4.69, 9.17) is 9.84 Å². The molecule has 0 amide bonds. The Kier molecular flexibility index (Phi) is 2.50. The Morgan fingerprint density at radius 1 is 1.29 bits per heavy atom. The Morgan fingerprint density at radius 3 is 2.43 bits per heavy atom. The number of aliphatic hydroxyl groups is 1. The molecule has 0 aromatic heterocycles. The summed E-state index contributed by atoms with van der Waals surface area (Å²) in [5, 5.41) is 9.05. The smallest absolute Gasteiger partial charge is 0.150 e. The maximum Gasteiger partial charge on any atom is 0.150 e. The van der Waals surface area contributed by atoms with Gasteiger partial charge in [-0.05, 0) is 24.3 Å². The van der Waals surface area contributed by atoms with E-state index in [2.05, 4.69) is 0 Å². The van der Waals surface area contributed by atoms with Gasteiger partial charge in [0.05, 0.1) is 6.10 Å². The minimum atomic E-state index is -0.200. The number of benzene rings is 1. The quantitative estimate of drug-likeness (QED) is 0.736. The highest BCUT2D eigenvalue weighted by molar-refractivity contribution is 5.74. The maximum absolute atomic E-state index is 10.4. The Balaban J connectivity index is 1.93. The Hall–Kier alpha value is -1.35. The van der Waals surface area contributed by atoms with Crippen molar-refractivity contribution < 1.29 is 14.6 Å². The number of hydrogen-bond donors (Lipinski definition) is 1. The van der Waals surface area contributed by atoms with Gasteiger partial charge in [0, 0.05) is 18.4 Å². The van der Waals surface area contributed by atoms with Crippen molar-refractivity contribution >= 4 is 6.29 Å². The molecule has 0 saturated heterocycles. The molecule has 14 heavy (non-hydrogen) atoms. The monoisotopic (exact) mass is 192 g/mol. The molecule has 0 spiro atoms. The molecule has 1 fully saturated rings. The highest BCUT2D eigenvalue weighted by atomic mass is 16.5. The lowest BCUT2D eigenvalue weighted by Gasteiger charge is -2.31. The summed E-state index contributed by atoms with van der Waals surface area (Å²) in [5.41, 5.74) is 0.644. The minimum absolute atomic E-state index is 0.132. The molecule has 0 aliphatic heterocycles. The molecule has 0 bridgehead atoms. The fourth-order valence-electron chi connectivity index (χ4n) is 1.45. The van der Waals surface area contributed by atoms with Crippen molar-refractivity contribution in [1.82, 2.24) is 0 Å². The molecule has 1 N–H and O–H groups in total. The molecule has 1 aliphatic rings. The molecule has 0 unspecified atom stereocenters. The van der Waals surface area contributed by atoms with E-state index in [1.807, 2.05) is 0 Å². The second-order valence-corrected chi connectivity index (χ2v) is 3.55. The van der Waals surface area contributed by atoms with E-state index in [0.29, 0.717) is 18.4 Å². The number of aliphatic hydroxyl groups excluding tert-OH is 1. The standard InChI is InChI=1S/C11H12O3/c12-7-8-1-3-10(4-2-8)14-11-5-9(13)6-11/h1-4,7,9,11,13H,5-6H2. The van der Waals surface area contributed by atoms with Crippen LogP contribution in [-0.4, -0.2) is 23.6 Å². The van der Waals surface area contributed by atoms with E-state index < -0.39 is 0 Å². The Morgan fingerprint density at radius 2 is 1.93 bits per heavy atom. The SMILES string of the molecule is O=Cc1ccc(OC2CC(O)C2)cc1. The molecule has 0 radical (unpaired) electrons. The van der Waals surface area contributed by atoms with Gasteiger partial charge in [-0.3, -0.25) is 4.79 Å². The first-order valence-electron chi connectivity index (χ1n) is 4.68. The van der Waals surface area contributed by atoms with Crippen molar-refractivity contribution in [2.75, 3.05) is 0 Å². The first kappa shape index (κ1) is 9.21. The lowest BCUT2D eigenvalue weighted by Crippen LogP contribution is -2.37. The van der Waals surface area contributed by atoms with E-state index in [9.17, 15) is 4.79 Å². The summed E-state index contributed by atoms with van der Waals surface area (Å²) in [4.78, 5) is 10.4. The van der Waals surface area contributed by atoms with Gasteiger partial charge < -0.3 is 9.84 Å². The van der Waals surface area contributed by atoms with Crippen LogP contribution < -0.4 is 4.74 Å². The van der Waals surface area contributed by atoms with Gasteiger partial charge in [0.15, 0.2) is 0 Å². The predicted octanol–water partition coefficient (Wildman–Crippen LogP) is 1.40. The third-order valence-electron chi connectivity index (χ3n) is 2.39. The molecule has 74 valence electrons. The van der Waals surface area contributed by atoms with Gasteiger partial charge >= 0.3 is 0 Å². The first-order chi connectivity index (χ1) is 6.78. The zero-order valence-electron chi connectivity index (χ0n) is 7.72. The number of carbonyl (C=O) groups is 1. The van der Waals surface area contributed by atoms with Crippen LogP contribution in [0, 0.1) is 0 Å². The van der Waals surface area contributed by atoms with Crippen LogP contribution in [0.3, 0.4) is 0 Å². The molecule has 3 heteroatoms. The van der Waals surface area contributed by atoms with E-state index in [1.165, 1.54) is 0 Å². The van der Waals surface area contributed by atoms with Crippen molar-refractivity contribution in [3.63, 3.8) is 0 Å². The normalized spacial score (nSPS) is 25.2. The van der Waals surface area contributed by atoms with Gasteiger partial charge in [0.2, 0.25) is 0 Å². The summed E-state index contributed by atoms with van der Waals surface area (Å²) in [5.74, 6) is 0.757. The molecular weight excluding hydrogens is 180 g/mol. The fourth-order valence-corrected chi connectivity index (χ4v) is 1.45. The number of rotatable bonds is 3. The average Bonchev–Trinajstić information content (AvgIpc) is 2.17. The number of aldehydes is 1. The minimum Gasteiger partial charge on any atom is -0.490 e. The van der Waals surface area contributed by atoms with Crippen LogP contribution in [0.5, 0.6) is 5.75 Å². The second-order valence-electron chi connectivity index (χ2n) is 3.55. The van der Waals surface area contributed by atoms with E-state index in [0.717, 1.165) is 12.0 Å². The van der Waals surface area contributed by atoms with Gasteiger partial charge in [0.25, 0.3) is 0 Å². The van der Waals surface area contributed by atoms with Gasteiger partial charge in [-0.25, -0.2) is 0 Å². The van der Waals surface area contributed by atoms with Gasteiger partial charge in [0.1, 0.15) is 18.1 Å². The summed E-state index contributed by atoms with van der Waals surface area (Å²) >= 11 is 0. The molecule has 1 aliphatic carbocycles. The number of hydrogen-bond acceptors (Lipinski definition) is 3. The largest absolute Gasteiger partial charge is 0.490 e. The third kappa shape index (κ3) is 1.93. The van der Waals surface area contributed by atoms with Crippen molar-refractivity contribution in [3.05, 3.63) is 29.8 Å². The predicted molar refractivity (Wildman–Crippen MR) is 51.5 cm³/mol. The average molecular weight is 192 g/mol. The van der Waals surface area contributed by atoms with E-state index in [-0.39, 0.29) is 12.2 Å². The summed E-state index contributed by atoms with van der Waals surface area (Å²) < 4.78 is 5.54. The van der Waals surface area contributed by atoms with Crippen LogP contribution in [0.4, 0.5) is 0 Å². The first-order valence-corrected chi connectivity index (χ1v) is 4.68. The van der Waals surface area contributed by atoms with Crippen molar-refractivity contribution in [2.24, 2.45) is 0 Å². The molecule has 2 rings (SSSR count). The molecular formula is C11H12O3. The fraction of sp³-hybridized carbons (Fsp3) is 0.364. The molecule has 1 aromatic rings. The summed E-state index contributed by atoms with van der Waals surface area (Å²) in [6, 6.07) is 6.98. The van der Waals surface area contributed by atoms with Crippen LogP contribution in [0.15, 0.2) is 24.3 Å². The topological polar surface area (TPSA) is 46.5 Å². The van der Waals surface area contributed by atoms with Crippen LogP contribution in [0.1, 0.15) is 23.2 Å². The second kappa shape index (κ2) is 3.80. The molecule has 0 heterocycles. The van der Waals surface area contributed by atoms with Gasteiger partial charge in [-0.15, -0.1) is 0 Å². The molecule has 0 atom stereocenters. The van der Waals surface area contributed by atoms with Crippen LogP contribution in [0.2, 0.25) is 0 Å². The van der Waals surface area contributed by atoms with Crippen LogP contribution >= 0.6 is 0 Å². The van der Waals surface area contributed by atoms with Crippen LogP contribution in [-0.2, 0) is 0 Å². The number of carbonyl (C=O) groups excluding carboxylic acids is 1. The molecule has 1 saturated carbocycles. The maximum atomic E-state index is 10.4. The highest BCUT2D eigenvalue weighted by Gasteiger charge is 2.28. The summed E-state index contributed by atoms with van der Waals surface area (Å²) in [6.45, 7) is 0. The number of ether oxygens (including phenoxy) is 1. The zero-order valence-corrected chi connectivity index (χ0v) is 7.72. The van der Waals surface area contributed by atoms with E-state index in [1.54, 1.807) is 24.3 Å². The Bertz CT molecular complexity index is 312. The lowest BCUT2D eigenvalue weighted by molar-refractivity contribution is -0.0107. The summed E-state index contributed by atoms with van der Waals surface area (Å²) in [6.07, 6.45) is 2.14. The molecule has 1 aromatic carbocycles. The zero-order chi connectivity index (χ0) is 9.97. The van der Waals surface area contributed by atoms with Crippen LogP contribution in [0.25, 0.3) is 0 Å². The molecule has 3 nitrogen and oxygen atoms in total. The van der Waals surface area contributed by atoms with Crippen molar-refractivity contribution in [3.8, 4) is 5.75 Å². The highest BCUT2D eigenvalue weighted by Crippen LogP contribution is 2.25.